The van der Waals surface area contributed by atoms with Crippen LogP contribution in [0.25, 0.3) is 33.0 Å². The van der Waals surface area contributed by atoms with Gasteiger partial charge in [-0.15, -0.1) is 0 Å². The van der Waals surface area contributed by atoms with Crippen LogP contribution >= 0.6 is 0 Å². The van der Waals surface area contributed by atoms with Crippen LogP contribution in [0.1, 0.15) is 33.4 Å². The number of imide groups is 1. The molecule has 2 amide bonds. The van der Waals surface area contributed by atoms with E-state index in [9.17, 15) is 0 Å². The van der Waals surface area contributed by atoms with Crippen molar-refractivity contribution in [2.45, 2.75) is 10.8 Å². The number of rotatable bonds is 4. The lowest BCUT2D eigenvalue weighted by Gasteiger charge is -2.61. The molecule has 0 aromatic heterocycles. The van der Waals surface area contributed by atoms with Gasteiger partial charge in [-0.2, -0.15) is 0 Å². The minimum Gasteiger partial charge on any atom is -0.285 e. The Hall–Kier alpha value is -6.06. The summed E-state index contributed by atoms with van der Waals surface area (Å²) >= 11 is 0. The molecule has 4 atom stereocenters. The van der Waals surface area contributed by atoms with Crippen molar-refractivity contribution in [2.24, 2.45) is 11.8 Å². The molecular formula is C47H33NO2. The van der Waals surface area contributed by atoms with E-state index in [2.05, 4.69) is 158 Å². The fourth-order valence-electron chi connectivity index (χ4n) is 10.2. The molecule has 4 aliphatic rings. The molecule has 11 rings (SSSR count). The van der Waals surface area contributed by atoms with Gasteiger partial charge in [0.05, 0.1) is 22.7 Å². The van der Waals surface area contributed by atoms with Gasteiger partial charge in [-0.25, -0.2) is 0 Å². The molecule has 0 N–H and O–H groups in total. The molecular weight excluding hydrogens is 611 g/mol. The van der Waals surface area contributed by atoms with E-state index in [1.165, 1.54) is 4.90 Å². The van der Waals surface area contributed by atoms with Crippen LogP contribution in [0.5, 0.6) is 0 Å². The quantitative estimate of drug-likeness (QED) is 0.179. The average molecular weight is 644 g/mol. The van der Waals surface area contributed by atoms with Gasteiger partial charge in [0.15, 0.2) is 0 Å². The van der Waals surface area contributed by atoms with E-state index in [4.69, 9.17) is 0 Å². The first kappa shape index (κ1) is 28.9. The van der Waals surface area contributed by atoms with Crippen molar-refractivity contribution in [1.29, 1.82) is 0 Å². The third-order valence-corrected chi connectivity index (χ3v) is 11.8. The zero-order chi connectivity index (χ0) is 33.6. The molecule has 1 fully saturated rings. The van der Waals surface area contributed by atoms with Crippen molar-refractivity contribution in [3.05, 3.63) is 203 Å². The lowest BCUT2D eigenvalue weighted by molar-refractivity contribution is -0.138. The van der Waals surface area contributed by atoms with Crippen LogP contribution in [0.2, 0.25) is 0 Å². The summed E-state index contributed by atoms with van der Waals surface area (Å²) in [6, 6.07) is 59.6. The van der Waals surface area contributed by atoms with Crippen LogP contribution in [-0.4, -0.2) is 23.8 Å². The van der Waals surface area contributed by atoms with Gasteiger partial charge in [-0.3, -0.25) is 14.5 Å². The van der Waals surface area contributed by atoms with Gasteiger partial charge in [-0.1, -0.05) is 170 Å². The fourth-order valence-corrected chi connectivity index (χ4v) is 10.2. The smallest absolute Gasteiger partial charge is 0.234 e. The molecule has 3 aliphatic carbocycles. The molecule has 7 aromatic rings. The molecule has 0 radical (unpaired) electrons. The molecule has 0 spiro atoms. The van der Waals surface area contributed by atoms with Crippen molar-refractivity contribution < 1.29 is 9.59 Å². The third-order valence-electron chi connectivity index (χ3n) is 11.8. The first-order valence-electron chi connectivity index (χ1n) is 17.3. The molecule has 1 aliphatic heterocycles. The molecule has 1 heterocycles. The molecule has 3 heteroatoms. The number of benzene rings is 7. The Labute approximate surface area is 291 Å². The third kappa shape index (κ3) is 3.39. The van der Waals surface area contributed by atoms with Gasteiger partial charge in [0, 0.05) is 7.05 Å². The molecule has 3 nitrogen and oxygen atoms in total. The van der Waals surface area contributed by atoms with Crippen molar-refractivity contribution >= 4 is 22.6 Å². The standard InChI is InChI=1S/C47H33NO2/c1-48-44(49)42-43(45(48)50)47(33-24-12-5-13-25-33)37-29-17-16-28-36(37)46(42,32-22-10-4-11-23-32)40-38(30-18-6-2-7-19-30)34-26-14-15-27-35(34)39(41(40)47)31-20-8-3-9-21-31/h2-29,42-43H,1H3. The maximum Gasteiger partial charge on any atom is 0.234 e. The maximum atomic E-state index is 15.1. The molecule has 238 valence electrons. The average Bonchev–Trinajstić information content (AvgIpc) is 3.43. The summed E-state index contributed by atoms with van der Waals surface area (Å²) in [5.41, 5.74) is 8.93. The second-order valence-corrected chi connectivity index (χ2v) is 13.9. The van der Waals surface area contributed by atoms with Gasteiger partial charge in [0.2, 0.25) is 11.8 Å². The topological polar surface area (TPSA) is 37.4 Å². The minimum atomic E-state index is -0.968. The zero-order valence-corrected chi connectivity index (χ0v) is 27.6. The number of hydrogen-bond acceptors (Lipinski definition) is 2. The molecule has 7 aromatic carbocycles. The van der Waals surface area contributed by atoms with Crippen LogP contribution in [0.15, 0.2) is 170 Å². The summed E-state index contributed by atoms with van der Waals surface area (Å²) in [7, 11) is 1.68. The van der Waals surface area contributed by atoms with Crippen molar-refractivity contribution in [1.82, 2.24) is 4.90 Å². The SMILES string of the molecule is CN1C(=O)C2C(C1=O)C1(c3ccccc3)c3ccccc3C2(c2ccccc2)c2c1c(-c1ccccc1)c1ccccc1c2-c1ccccc1. The molecule has 50 heavy (non-hydrogen) atoms. The highest BCUT2D eigenvalue weighted by molar-refractivity contribution is 6.15. The molecule has 2 bridgehead atoms. The molecule has 0 saturated carbocycles. The van der Waals surface area contributed by atoms with E-state index in [1.807, 2.05) is 12.1 Å². The highest BCUT2D eigenvalue weighted by Crippen LogP contribution is 2.73. The summed E-state index contributed by atoms with van der Waals surface area (Å²) < 4.78 is 0. The number of hydrogen-bond donors (Lipinski definition) is 0. The van der Waals surface area contributed by atoms with Crippen LogP contribution in [-0.2, 0) is 20.4 Å². The maximum absolute atomic E-state index is 15.1. The summed E-state index contributed by atoms with van der Waals surface area (Å²) in [6.07, 6.45) is 0. The van der Waals surface area contributed by atoms with E-state index in [0.717, 1.165) is 66.4 Å². The Morgan fingerprint density at radius 2 is 0.740 bits per heavy atom. The van der Waals surface area contributed by atoms with Crippen LogP contribution in [0, 0.1) is 11.8 Å². The predicted octanol–water partition coefficient (Wildman–Crippen LogP) is 9.40. The van der Waals surface area contributed by atoms with E-state index < -0.39 is 22.7 Å². The Morgan fingerprint density at radius 1 is 0.420 bits per heavy atom. The number of carbonyl (C=O) groups is 2. The first-order valence-corrected chi connectivity index (χ1v) is 17.3. The second-order valence-electron chi connectivity index (χ2n) is 13.9. The van der Waals surface area contributed by atoms with Crippen molar-refractivity contribution in [2.75, 3.05) is 7.05 Å². The number of fused-ring (bicyclic) bond motifs is 1. The van der Waals surface area contributed by atoms with Crippen molar-refractivity contribution in [3.63, 3.8) is 0 Å². The van der Waals surface area contributed by atoms with Gasteiger partial charge >= 0.3 is 0 Å². The Kier molecular flexibility index (Phi) is 6.05. The minimum absolute atomic E-state index is 0.127. The highest BCUT2D eigenvalue weighted by atomic mass is 16.2. The Bertz CT molecular complexity index is 2320. The number of likely N-dealkylation sites (tertiary alicyclic amines) is 1. The number of carbonyl (C=O) groups excluding carboxylic acids is 2. The first-order chi connectivity index (χ1) is 24.6. The van der Waals surface area contributed by atoms with Crippen LogP contribution in [0.3, 0.4) is 0 Å². The highest BCUT2D eigenvalue weighted by Gasteiger charge is 2.74. The fraction of sp³-hybridized carbons (Fsp3) is 0.106. The van der Waals surface area contributed by atoms with Crippen LogP contribution < -0.4 is 0 Å². The van der Waals surface area contributed by atoms with E-state index in [-0.39, 0.29) is 11.8 Å². The van der Waals surface area contributed by atoms with Gasteiger partial charge in [0.1, 0.15) is 0 Å². The van der Waals surface area contributed by atoms with E-state index >= 15 is 9.59 Å². The molecule has 4 unspecified atom stereocenters. The van der Waals surface area contributed by atoms with Gasteiger partial charge in [-0.05, 0) is 66.4 Å². The predicted molar refractivity (Wildman–Crippen MR) is 199 cm³/mol. The summed E-state index contributed by atoms with van der Waals surface area (Å²) in [5.74, 6) is -1.59. The number of amides is 2. The summed E-state index contributed by atoms with van der Waals surface area (Å²) in [4.78, 5) is 31.6. The lowest BCUT2D eigenvalue weighted by Crippen LogP contribution is -2.62. The van der Waals surface area contributed by atoms with Crippen molar-refractivity contribution in [3.8, 4) is 22.3 Å². The van der Waals surface area contributed by atoms with E-state index in [0.29, 0.717) is 0 Å². The zero-order valence-electron chi connectivity index (χ0n) is 27.6. The lowest BCUT2D eigenvalue weighted by atomic mass is 9.37. The number of nitrogens with zero attached hydrogens (tertiary/aromatic N) is 1. The molecule has 1 saturated heterocycles. The second kappa shape index (κ2) is 10.5. The monoisotopic (exact) mass is 643 g/mol. The van der Waals surface area contributed by atoms with E-state index in [1.54, 1.807) is 7.05 Å². The summed E-state index contributed by atoms with van der Waals surface area (Å²) in [5, 5.41) is 2.25. The Balaban J connectivity index is 1.58. The largest absolute Gasteiger partial charge is 0.285 e. The normalized spacial score (nSPS) is 23.1. The Morgan fingerprint density at radius 3 is 1.12 bits per heavy atom. The van der Waals surface area contributed by atoms with Crippen LogP contribution in [0.4, 0.5) is 0 Å². The summed E-state index contributed by atoms with van der Waals surface area (Å²) in [6.45, 7) is 0. The van der Waals surface area contributed by atoms with Gasteiger partial charge < -0.3 is 0 Å². The van der Waals surface area contributed by atoms with Gasteiger partial charge in [0.25, 0.3) is 0 Å².